The number of benzene rings is 4. The Labute approximate surface area is 182 Å². The normalized spacial score (nSPS) is 10.7. The summed E-state index contributed by atoms with van der Waals surface area (Å²) in [5.74, 6) is 0.734. The van der Waals surface area contributed by atoms with Crippen LogP contribution in [-0.2, 0) is 0 Å². The molecule has 0 amide bonds. The van der Waals surface area contributed by atoms with Crippen LogP contribution < -0.4 is 0 Å². The third kappa shape index (κ3) is 4.01. The van der Waals surface area contributed by atoms with Crippen molar-refractivity contribution in [3.05, 3.63) is 121 Å². The zero-order valence-electron chi connectivity index (χ0n) is 17.4. The Balaban J connectivity index is 1.74. The highest BCUT2D eigenvalue weighted by molar-refractivity contribution is 5.84. The molecular formula is C29H22N2. The molecule has 1 heterocycles. The first-order chi connectivity index (χ1) is 15.3. The molecule has 2 heteroatoms. The third-order valence-corrected chi connectivity index (χ3v) is 5.36. The maximum absolute atomic E-state index is 5.00. The molecule has 0 N–H and O–H groups in total. The quantitative estimate of drug-likeness (QED) is 0.314. The second-order valence-electron chi connectivity index (χ2n) is 7.61. The van der Waals surface area contributed by atoms with Gasteiger partial charge in [0.15, 0.2) is 5.82 Å². The Bertz CT molecular complexity index is 1330. The molecule has 0 radical (unpaired) electrons. The second-order valence-corrected chi connectivity index (χ2v) is 7.61. The van der Waals surface area contributed by atoms with Crippen LogP contribution in [0.25, 0.3) is 45.0 Å². The fourth-order valence-corrected chi connectivity index (χ4v) is 3.83. The number of hydrogen-bond donors (Lipinski definition) is 0. The smallest absolute Gasteiger partial charge is 0.160 e. The molecular weight excluding hydrogens is 376 g/mol. The first kappa shape index (κ1) is 19.0. The average Bonchev–Trinajstić information content (AvgIpc) is 2.85. The van der Waals surface area contributed by atoms with Crippen LogP contribution in [0.15, 0.2) is 115 Å². The van der Waals surface area contributed by atoms with E-state index in [0.29, 0.717) is 0 Å². The van der Waals surface area contributed by atoms with E-state index in [2.05, 4.69) is 97.9 Å². The highest BCUT2D eigenvalue weighted by Gasteiger charge is 2.13. The molecule has 0 saturated heterocycles. The minimum Gasteiger partial charge on any atom is -0.228 e. The summed E-state index contributed by atoms with van der Waals surface area (Å²) in [7, 11) is 0. The van der Waals surface area contributed by atoms with E-state index in [1.165, 1.54) is 11.1 Å². The number of rotatable bonds is 4. The van der Waals surface area contributed by atoms with Gasteiger partial charge < -0.3 is 0 Å². The number of aryl methyl sites for hydroxylation is 1. The molecule has 0 saturated carbocycles. The van der Waals surface area contributed by atoms with Crippen molar-refractivity contribution < 1.29 is 0 Å². The standard InChI is InChI=1S/C29H22N2/c1-21-11-10-16-24(19-21)27-20-28(31-29(30-27)23-14-6-3-7-15-23)26-18-9-8-17-25(26)22-12-4-2-5-13-22/h2-20H,1H3. The van der Waals surface area contributed by atoms with Crippen LogP contribution in [-0.4, -0.2) is 9.97 Å². The fraction of sp³-hybridized carbons (Fsp3) is 0.0345. The van der Waals surface area contributed by atoms with Crippen molar-refractivity contribution in [2.75, 3.05) is 0 Å². The first-order valence-electron chi connectivity index (χ1n) is 10.4. The third-order valence-electron chi connectivity index (χ3n) is 5.36. The van der Waals surface area contributed by atoms with Gasteiger partial charge in [0.1, 0.15) is 0 Å². The van der Waals surface area contributed by atoms with Crippen LogP contribution in [0.2, 0.25) is 0 Å². The van der Waals surface area contributed by atoms with E-state index in [1.54, 1.807) is 0 Å². The molecule has 0 spiro atoms. The molecule has 4 aromatic carbocycles. The number of nitrogens with zero attached hydrogens (tertiary/aromatic N) is 2. The van der Waals surface area contributed by atoms with Crippen molar-refractivity contribution >= 4 is 0 Å². The zero-order chi connectivity index (χ0) is 21.0. The lowest BCUT2D eigenvalue weighted by Crippen LogP contribution is -1.97. The molecule has 5 rings (SSSR count). The molecule has 0 aliphatic rings. The maximum Gasteiger partial charge on any atom is 0.160 e. The van der Waals surface area contributed by atoms with Crippen LogP contribution >= 0.6 is 0 Å². The molecule has 0 fully saturated rings. The zero-order valence-corrected chi connectivity index (χ0v) is 17.4. The van der Waals surface area contributed by atoms with E-state index in [9.17, 15) is 0 Å². The van der Waals surface area contributed by atoms with E-state index in [0.717, 1.165) is 39.5 Å². The van der Waals surface area contributed by atoms with Crippen molar-refractivity contribution in [3.63, 3.8) is 0 Å². The predicted octanol–water partition coefficient (Wildman–Crippen LogP) is 7.45. The lowest BCUT2D eigenvalue weighted by molar-refractivity contribution is 1.18. The van der Waals surface area contributed by atoms with Gasteiger partial charge in [-0.1, -0.05) is 109 Å². The molecule has 5 aromatic rings. The summed E-state index contributed by atoms with van der Waals surface area (Å²) in [6.45, 7) is 2.11. The van der Waals surface area contributed by atoms with Crippen molar-refractivity contribution in [2.24, 2.45) is 0 Å². The summed E-state index contributed by atoms with van der Waals surface area (Å²) in [4.78, 5) is 9.93. The van der Waals surface area contributed by atoms with Gasteiger partial charge in [-0.25, -0.2) is 9.97 Å². The SMILES string of the molecule is Cc1cccc(-c2cc(-c3ccccc3-c3ccccc3)nc(-c3ccccc3)n2)c1. The van der Waals surface area contributed by atoms with Gasteiger partial charge in [0, 0.05) is 16.7 Å². The Hall–Kier alpha value is -4.04. The highest BCUT2D eigenvalue weighted by atomic mass is 14.9. The average molecular weight is 399 g/mol. The van der Waals surface area contributed by atoms with Gasteiger partial charge in [-0.15, -0.1) is 0 Å². The van der Waals surface area contributed by atoms with Gasteiger partial charge >= 0.3 is 0 Å². The van der Waals surface area contributed by atoms with E-state index in [-0.39, 0.29) is 0 Å². The Morgan fingerprint density at radius 2 is 1.03 bits per heavy atom. The van der Waals surface area contributed by atoms with Gasteiger partial charge in [0.25, 0.3) is 0 Å². The van der Waals surface area contributed by atoms with Crippen molar-refractivity contribution in [1.82, 2.24) is 9.97 Å². The second kappa shape index (κ2) is 8.37. The van der Waals surface area contributed by atoms with E-state index < -0.39 is 0 Å². The summed E-state index contributed by atoms with van der Waals surface area (Å²) in [6, 6.07) is 39.6. The lowest BCUT2D eigenvalue weighted by atomic mass is 9.96. The minimum atomic E-state index is 0.734. The van der Waals surface area contributed by atoms with Gasteiger partial charge in [0.2, 0.25) is 0 Å². The molecule has 1 aromatic heterocycles. The van der Waals surface area contributed by atoms with Crippen LogP contribution in [0.4, 0.5) is 0 Å². The Kier molecular flexibility index (Phi) is 5.12. The fourth-order valence-electron chi connectivity index (χ4n) is 3.83. The minimum absolute atomic E-state index is 0.734. The molecule has 0 aliphatic heterocycles. The lowest BCUT2D eigenvalue weighted by Gasteiger charge is -2.13. The molecule has 148 valence electrons. The van der Waals surface area contributed by atoms with Crippen LogP contribution in [0.3, 0.4) is 0 Å². The summed E-state index contributed by atoms with van der Waals surface area (Å²) in [5.41, 5.74) is 8.60. The van der Waals surface area contributed by atoms with E-state index in [4.69, 9.17) is 9.97 Å². The Morgan fingerprint density at radius 1 is 0.452 bits per heavy atom. The first-order valence-corrected chi connectivity index (χ1v) is 10.4. The number of hydrogen-bond acceptors (Lipinski definition) is 2. The summed E-state index contributed by atoms with van der Waals surface area (Å²) in [6.07, 6.45) is 0. The summed E-state index contributed by atoms with van der Waals surface area (Å²) in [5, 5.41) is 0. The largest absolute Gasteiger partial charge is 0.228 e. The molecule has 0 atom stereocenters. The molecule has 0 bridgehead atoms. The topological polar surface area (TPSA) is 25.8 Å². The van der Waals surface area contributed by atoms with Crippen molar-refractivity contribution in [1.29, 1.82) is 0 Å². The maximum atomic E-state index is 5.00. The molecule has 31 heavy (non-hydrogen) atoms. The van der Waals surface area contributed by atoms with Crippen LogP contribution in [0, 0.1) is 6.92 Å². The van der Waals surface area contributed by atoms with Crippen molar-refractivity contribution in [3.8, 4) is 45.0 Å². The summed E-state index contributed by atoms with van der Waals surface area (Å²) < 4.78 is 0. The van der Waals surface area contributed by atoms with Gasteiger partial charge in [-0.3, -0.25) is 0 Å². The monoisotopic (exact) mass is 398 g/mol. The van der Waals surface area contributed by atoms with Crippen LogP contribution in [0.5, 0.6) is 0 Å². The van der Waals surface area contributed by atoms with Gasteiger partial charge in [-0.2, -0.15) is 0 Å². The highest BCUT2D eigenvalue weighted by Crippen LogP contribution is 2.34. The number of aromatic nitrogens is 2. The van der Waals surface area contributed by atoms with Crippen LogP contribution in [0.1, 0.15) is 5.56 Å². The molecule has 0 aliphatic carbocycles. The van der Waals surface area contributed by atoms with E-state index >= 15 is 0 Å². The van der Waals surface area contributed by atoms with E-state index in [1.807, 2.05) is 24.3 Å². The summed E-state index contributed by atoms with van der Waals surface area (Å²) >= 11 is 0. The van der Waals surface area contributed by atoms with Crippen molar-refractivity contribution in [2.45, 2.75) is 6.92 Å². The molecule has 0 unspecified atom stereocenters. The van der Waals surface area contributed by atoms with Gasteiger partial charge in [0.05, 0.1) is 11.4 Å². The van der Waals surface area contributed by atoms with Gasteiger partial charge in [-0.05, 0) is 30.2 Å². The Morgan fingerprint density at radius 3 is 1.74 bits per heavy atom. The predicted molar refractivity (Wildman–Crippen MR) is 129 cm³/mol. The molecule has 2 nitrogen and oxygen atoms in total.